The molecule has 0 bridgehead atoms. The van der Waals surface area contributed by atoms with Gasteiger partial charge in [-0.1, -0.05) is 0 Å². The summed E-state index contributed by atoms with van der Waals surface area (Å²) in [4.78, 5) is 12.6. The van der Waals surface area contributed by atoms with Gasteiger partial charge in [-0.25, -0.2) is 0 Å². The van der Waals surface area contributed by atoms with Crippen molar-refractivity contribution in [2.24, 2.45) is 0 Å². The average molecular weight is 237 g/mol. The Kier molecular flexibility index (Phi) is 6.81. The number of amides is 1. The molecule has 0 fully saturated rings. The zero-order chi connectivity index (χ0) is 11.9. The van der Waals surface area contributed by atoms with Gasteiger partial charge < -0.3 is 13.9 Å². The highest BCUT2D eigenvalue weighted by Gasteiger charge is 2.27. The van der Waals surface area contributed by atoms with Crippen molar-refractivity contribution < 1.29 is 18.4 Å². The second-order valence-electron chi connectivity index (χ2n) is 2.96. The zero-order valence-electron chi connectivity index (χ0n) is 9.86. The minimum atomic E-state index is -3.14. The average Bonchev–Trinajstić information content (AvgIpc) is 2.14. The monoisotopic (exact) mass is 237 g/mol. The van der Waals surface area contributed by atoms with Crippen molar-refractivity contribution >= 4 is 13.5 Å². The number of nitrogens with zero attached hydrogens (tertiary/aromatic N) is 1. The molecule has 0 aliphatic rings. The maximum atomic E-state index is 12.0. The molecule has 90 valence electrons. The molecule has 0 aromatic heterocycles. The van der Waals surface area contributed by atoms with Crippen LogP contribution in [0.1, 0.15) is 27.7 Å². The van der Waals surface area contributed by atoms with E-state index in [9.17, 15) is 9.36 Å². The van der Waals surface area contributed by atoms with Crippen LogP contribution in [0.15, 0.2) is 0 Å². The molecule has 0 radical (unpaired) electrons. The molecule has 0 rings (SSSR count). The van der Waals surface area contributed by atoms with Gasteiger partial charge in [0.25, 0.3) is 0 Å². The first kappa shape index (κ1) is 14.6. The van der Waals surface area contributed by atoms with Crippen LogP contribution in [0, 0.1) is 0 Å². The fraction of sp³-hybridized carbons (Fsp3) is 0.889. The fourth-order valence-electron chi connectivity index (χ4n) is 1.14. The standard InChI is InChI=1S/C9H20NO4P/c1-5-10(9(4)11)8-15(12,13-6-2)14-7-3/h5-8H2,1-4H3. The molecule has 0 aromatic rings. The molecule has 0 aromatic carbocycles. The van der Waals surface area contributed by atoms with Crippen molar-refractivity contribution in [1.82, 2.24) is 4.90 Å². The topological polar surface area (TPSA) is 55.8 Å². The highest BCUT2D eigenvalue weighted by Crippen LogP contribution is 2.48. The molecule has 0 unspecified atom stereocenters. The molecule has 1 amide bonds. The molecule has 0 aliphatic carbocycles. The SMILES string of the molecule is CCOP(=O)(CN(CC)C(C)=O)OCC. The van der Waals surface area contributed by atoms with Gasteiger partial charge in [-0.15, -0.1) is 0 Å². The predicted octanol–water partition coefficient (Wildman–Crippen LogP) is 2.08. The van der Waals surface area contributed by atoms with Crippen molar-refractivity contribution in [2.45, 2.75) is 27.7 Å². The van der Waals surface area contributed by atoms with Crippen LogP contribution in [0.5, 0.6) is 0 Å². The van der Waals surface area contributed by atoms with E-state index < -0.39 is 7.60 Å². The first-order chi connectivity index (χ1) is 6.99. The second kappa shape index (κ2) is 6.99. The molecule has 0 spiro atoms. The number of carbonyl (C=O) groups excluding carboxylic acids is 1. The smallest absolute Gasteiger partial charge is 0.331 e. The van der Waals surface area contributed by atoms with E-state index in [1.807, 2.05) is 6.92 Å². The third kappa shape index (κ3) is 5.30. The van der Waals surface area contributed by atoms with E-state index in [1.165, 1.54) is 11.8 Å². The Morgan fingerprint density at radius 1 is 1.20 bits per heavy atom. The van der Waals surface area contributed by atoms with Crippen LogP contribution in [0.4, 0.5) is 0 Å². The Hall–Kier alpha value is -0.380. The minimum absolute atomic E-state index is 0.0283. The molecule has 0 aliphatic heterocycles. The number of hydrogen-bond acceptors (Lipinski definition) is 4. The van der Waals surface area contributed by atoms with Gasteiger partial charge in [0.2, 0.25) is 5.91 Å². The number of carbonyl (C=O) groups is 1. The van der Waals surface area contributed by atoms with Crippen molar-refractivity contribution in [1.29, 1.82) is 0 Å². The Morgan fingerprint density at radius 3 is 1.93 bits per heavy atom. The lowest BCUT2D eigenvalue weighted by Gasteiger charge is -2.24. The predicted molar refractivity (Wildman–Crippen MR) is 58.8 cm³/mol. The molecule has 5 nitrogen and oxygen atoms in total. The summed E-state index contributed by atoms with van der Waals surface area (Å²) >= 11 is 0. The Labute approximate surface area is 91.3 Å². The van der Waals surface area contributed by atoms with Crippen LogP contribution in [-0.2, 0) is 18.4 Å². The highest BCUT2D eigenvalue weighted by atomic mass is 31.2. The third-order valence-electron chi connectivity index (χ3n) is 1.82. The third-order valence-corrected chi connectivity index (χ3v) is 3.81. The molecule has 0 heterocycles. The van der Waals surface area contributed by atoms with Gasteiger partial charge in [0.05, 0.1) is 13.2 Å². The maximum absolute atomic E-state index is 12.0. The molecular weight excluding hydrogens is 217 g/mol. The van der Waals surface area contributed by atoms with Gasteiger partial charge in [-0.3, -0.25) is 9.36 Å². The maximum Gasteiger partial charge on any atom is 0.349 e. The lowest BCUT2D eigenvalue weighted by molar-refractivity contribution is -0.128. The van der Waals surface area contributed by atoms with E-state index in [4.69, 9.17) is 9.05 Å². The van der Waals surface area contributed by atoms with Crippen LogP contribution in [0.25, 0.3) is 0 Å². The van der Waals surface area contributed by atoms with E-state index in [0.29, 0.717) is 19.8 Å². The van der Waals surface area contributed by atoms with E-state index in [0.717, 1.165) is 0 Å². The Bertz CT molecular complexity index is 234. The summed E-state index contributed by atoms with van der Waals surface area (Å²) in [6.07, 6.45) is 0.0283. The van der Waals surface area contributed by atoms with E-state index >= 15 is 0 Å². The Balaban J connectivity index is 4.50. The van der Waals surface area contributed by atoms with Crippen LogP contribution in [-0.4, -0.2) is 36.9 Å². The van der Waals surface area contributed by atoms with Gasteiger partial charge in [-0.2, -0.15) is 0 Å². The van der Waals surface area contributed by atoms with Crippen LogP contribution < -0.4 is 0 Å². The van der Waals surface area contributed by atoms with Crippen molar-refractivity contribution in [2.75, 3.05) is 26.0 Å². The van der Waals surface area contributed by atoms with Gasteiger partial charge in [0.1, 0.15) is 6.29 Å². The van der Waals surface area contributed by atoms with Gasteiger partial charge in [-0.05, 0) is 20.8 Å². The molecule has 0 saturated carbocycles. The summed E-state index contributed by atoms with van der Waals surface area (Å²) in [7, 11) is -3.14. The molecular formula is C9H20NO4P. The normalized spacial score (nSPS) is 11.5. The van der Waals surface area contributed by atoms with E-state index in [1.54, 1.807) is 13.8 Å². The van der Waals surface area contributed by atoms with Crippen molar-refractivity contribution in [3.8, 4) is 0 Å². The largest absolute Gasteiger partial charge is 0.349 e. The van der Waals surface area contributed by atoms with Crippen LogP contribution >= 0.6 is 7.60 Å². The minimum Gasteiger partial charge on any atom is -0.331 e. The van der Waals surface area contributed by atoms with Crippen LogP contribution in [0.2, 0.25) is 0 Å². The molecule has 0 saturated heterocycles. The lowest BCUT2D eigenvalue weighted by Crippen LogP contribution is -2.30. The highest BCUT2D eigenvalue weighted by molar-refractivity contribution is 7.53. The quantitative estimate of drug-likeness (QED) is 0.636. The second-order valence-corrected chi connectivity index (χ2v) is 4.98. The van der Waals surface area contributed by atoms with Crippen molar-refractivity contribution in [3.63, 3.8) is 0 Å². The van der Waals surface area contributed by atoms with E-state index in [-0.39, 0.29) is 12.2 Å². The van der Waals surface area contributed by atoms with Gasteiger partial charge >= 0.3 is 7.60 Å². The summed E-state index contributed by atoms with van der Waals surface area (Å²) in [6.45, 7) is 7.87. The van der Waals surface area contributed by atoms with Crippen LogP contribution in [0.3, 0.4) is 0 Å². The summed E-state index contributed by atoms with van der Waals surface area (Å²) < 4.78 is 22.2. The molecule has 0 N–H and O–H groups in total. The molecule has 6 heteroatoms. The Morgan fingerprint density at radius 2 is 1.67 bits per heavy atom. The molecule has 0 atom stereocenters. The lowest BCUT2D eigenvalue weighted by atomic mass is 10.6. The molecule has 15 heavy (non-hydrogen) atoms. The van der Waals surface area contributed by atoms with Gasteiger partial charge in [0, 0.05) is 13.5 Å². The van der Waals surface area contributed by atoms with Gasteiger partial charge in [0.15, 0.2) is 0 Å². The fourth-order valence-corrected chi connectivity index (χ4v) is 2.99. The van der Waals surface area contributed by atoms with Crippen molar-refractivity contribution in [3.05, 3.63) is 0 Å². The summed E-state index contributed by atoms with van der Waals surface area (Å²) in [5, 5.41) is 0. The number of hydrogen-bond donors (Lipinski definition) is 0. The first-order valence-electron chi connectivity index (χ1n) is 5.12. The summed E-state index contributed by atoms with van der Waals surface area (Å²) in [5.74, 6) is -0.128. The summed E-state index contributed by atoms with van der Waals surface area (Å²) in [5.41, 5.74) is 0. The van der Waals surface area contributed by atoms with E-state index in [2.05, 4.69) is 0 Å². The summed E-state index contributed by atoms with van der Waals surface area (Å²) in [6, 6.07) is 0. The number of rotatable bonds is 7. The first-order valence-corrected chi connectivity index (χ1v) is 6.85. The zero-order valence-corrected chi connectivity index (χ0v) is 10.8.